The Hall–Kier alpha value is -0.700. The average molecular weight is 262 g/mol. The third-order valence-corrected chi connectivity index (χ3v) is 4.73. The Kier molecular flexibility index (Phi) is 3.05. The molecule has 18 heavy (non-hydrogen) atoms. The van der Waals surface area contributed by atoms with Gasteiger partial charge in [-0.15, -0.1) is 0 Å². The monoisotopic (exact) mass is 262 g/mol. The zero-order chi connectivity index (χ0) is 12.8. The zero-order valence-electron chi connectivity index (χ0n) is 11.3. The lowest BCUT2D eigenvalue weighted by Gasteiger charge is -2.33. The van der Waals surface area contributed by atoms with Crippen LogP contribution in [0.3, 0.4) is 0 Å². The summed E-state index contributed by atoms with van der Waals surface area (Å²) in [4.78, 5) is 8.14. The molecule has 2 aliphatic rings. The van der Waals surface area contributed by atoms with E-state index in [-0.39, 0.29) is 0 Å². The van der Waals surface area contributed by atoms with E-state index in [0.717, 1.165) is 16.4 Å². The molecule has 0 saturated heterocycles. The zero-order valence-corrected chi connectivity index (χ0v) is 12.1. The molecular weight excluding hydrogens is 240 g/mol. The largest absolute Gasteiger partial charge is 0.347 e. The Morgan fingerprint density at radius 3 is 2.44 bits per heavy atom. The van der Waals surface area contributed by atoms with Crippen molar-refractivity contribution in [1.29, 1.82) is 0 Å². The Balaban J connectivity index is 1.82. The molecule has 1 N–H and O–H groups in total. The first-order valence-corrected chi connectivity index (χ1v) is 7.55. The number of nitrogens with zero attached hydrogens (tertiary/aromatic N) is 1. The Bertz CT molecular complexity index is 489. The van der Waals surface area contributed by atoms with Gasteiger partial charge in [0.2, 0.25) is 0 Å². The smallest absolute Gasteiger partial charge is 0.130 e. The van der Waals surface area contributed by atoms with E-state index >= 15 is 0 Å². The molecule has 0 bridgehead atoms. The van der Waals surface area contributed by atoms with Gasteiger partial charge in [0.25, 0.3) is 0 Å². The van der Waals surface area contributed by atoms with E-state index < -0.39 is 0 Å². The molecular formula is C15H22N2S. The summed E-state index contributed by atoms with van der Waals surface area (Å²) in [5.74, 6) is 2.48. The number of nitrogens with one attached hydrogen (secondary N) is 1. The van der Waals surface area contributed by atoms with Gasteiger partial charge in [-0.1, -0.05) is 26.1 Å². The van der Waals surface area contributed by atoms with Crippen LogP contribution >= 0.6 is 12.2 Å². The fourth-order valence-corrected chi connectivity index (χ4v) is 3.20. The second-order valence-electron chi connectivity index (χ2n) is 6.77. The molecule has 3 rings (SSSR count). The van der Waals surface area contributed by atoms with Crippen LogP contribution in [0, 0.1) is 10.1 Å². The second kappa shape index (κ2) is 4.44. The second-order valence-corrected chi connectivity index (χ2v) is 7.19. The van der Waals surface area contributed by atoms with Gasteiger partial charge in [-0.25, -0.2) is 4.98 Å². The van der Waals surface area contributed by atoms with E-state index in [9.17, 15) is 0 Å². The van der Waals surface area contributed by atoms with Crippen molar-refractivity contribution in [1.82, 2.24) is 9.97 Å². The summed E-state index contributed by atoms with van der Waals surface area (Å²) in [6.07, 6.45) is 7.72. The van der Waals surface area contributed by atoms with E-state index in [1.807, 2.05) is 0 Å². The molecule has 2 aliphatic carbocycles. The summed E-state index contributed by atoms with van der Waals surface area (Å²) in [7, 11) is 0. The molecule has 1 heterocycles. The minimum atomic E-state index is 0.515. The molecule has 0 amide bonds. The summed E-state index contributed by atoms with van der Waals surface area (Å²) in [6, 6.07) is 2.06. The Morgan fingerprint density at radius 1 is 1.17 bits per heavy atom. The Labute approximate surface area is 114 Å². The number of aromatic amines is 1. The van der Waals surface area contributed by atoms with E-state index in [1.165, 1.54) is 44.2 Å². The van der Waals surface area contributed by atoms with Gasteiger partial charge in [-0.2, -0.15) is 0 Å². The summed E-state index contributed by atoms with van der Waals surface area (Å²) in [6.45, 7) is 4.75. The van der Waals surface area contributed by atoms with Gasteiger partial charge >= 0.3 is 0 Å². The number of hydrogen-bond donors (Lipinski definition) is 1. The highest BCUT2D eigenvalue weighted by Crippen LogP contribution is 2.43. The maximum atomic E-state index is 5.32. The lowest BCUT2D eigenvalue weighted by Crippen LogP contribution is -2.21. The molecule has 0 aromatic carbocycles. The maximum absolute atomic E-state index is 5.32. The van der Waals surface area contributed by atoms with Crippen LogP contribution in [-0.2, 0) is 0 Å². The molecule has 1 aromatic rings. The molecule has 1 aromatic heterocycles. The van der Waals surface area contributed by atoms with Crippen LogP contribution in [0.25, 0.3) is 0 Å². The molecule has 0 aliphatic heterocycles. The predicted octanol–water partition coefficient (Wildman–Crippen LogP) is 4.70. The lowest BCUT2D eigenvalue weighted by molar-refractivity contribution is 0.220. The number of H-pyrrole nitrogens is 1. The molecule has 2 fully saturated rings. The van der Waals surface area contributed by atoms with Crippen LogP contribution in [0.5, 0.6) is 0 Å². The fourth-order valence-electron chi connectivity index (χ4n) is 2.98. The van der Waals surface area contributed by atoms with E-state index in [1.54, 1.807) is 0 Å². The van der Waals surface area contributed by atoms with Crippen LogP contribution in [0.2, 0.25) is 0 Å². The van der Waals surface area contributed by atoms with Gasteiger partial charge in [0.05, 0.1) is 0 Å². The number of rotatable bonds is 2. The third-order valence-electron chi connectivity index (χ3n) is 4.53. The van der Waals surface area contributed by atoms with Gasteiger partial charge in [-0.05, 0) is 55.9 Å². The lowest BCUT2D eigenvalue weighted by atomic mass is 9.73. The van der Waals surface area contributed by atoms with Crippen molar-refractivity contribution < 1.29 is 0 Å². The normalized spacial score (nSPS) is 24.1. The average Bonchev–Trinajstić information content (AvgIpc) is 3.11. The van der Waals surface area contributed by atoms with Crippen molar-refractivity contribution in [2.45, 2.75) is 64.2 Å². The minimum Gasteiger partial charge on any atom is -0.347 e. The van der Waals surface area contributed by atoms with Crippen molar-refractivity contribution in [2.75, 3.05) is 0 Å². The van der Waals surface area contributed by atoms with Crippen molar-refractivity contribution >= 4 is 12.2 Å². The molecule has 0 unspecified atom stereocenters. The van der Waals surface area contributed by atoms with E-state index in [2.05, 4.69) is 29.9 Å². The number of hydrogen-bond acceptors (Lipinski definition) is 2. The quantitative estimate of drug-likeness (QED) is 0.783. The molecule has 0 atom stereocenters. The topological polar surface area (TPSA) is 28.7 Å². The van der Waals surface area contributed by atoms with Crippen molar-refractivity contribution in [3.8, 4) is 0 Å². The minimum absolute atomic E-state index is 0.515. The standard InChI is InChI=1S/C15H22N2S/c1-15(2)7-5-11(6-8-15)14-16-12(10-3-4-10)9-13(18)17-14/h9-11H,3-8H2,1-2H3,(H,16,17,18). The van der Waals surface area contributed by atoms with E-state index in [4.69, 9.17) is 12.2 Å². The number of aromatic nitrogens is 2. The predicted molar refractivity (Wildman–Crippen MR) is 76.4 cm³/mol. The third kappa shape index (κ3) is 2.66. The highest BCUT2D eigenvalue weighted by molar-refractivity contribution is 7.71. The first kappa shape index (κ1) is 12.3. The molecule has 2 saturated carbocycles. The first-order chi connectivity index (χ1) is 8.53. The van der Waals surface area contributed by atoms with Crippen LogP contribution in [0.4, 0.5) is 0 Å². The molecule has 3 heteroatoms. The summed E-state index contributed by atoms with van der Waals surface area (Å²) in [5, 5.41) is 0. The Morgan fingerprint density at radius 2 is 1.83 bits per heavy atom. The molecule has 0 radical (unpaired) electrons. The van der Waals surface area contributed by atoms with E-state index in [0.29, 0.717) is 11.3 Å². The summed E-state index contributed by atoms with van der Waals surface area (Å²) in [5.41, 5.74) is 1.84. The van der Waals surface area contributed by atoms with Gasteiger partial charge in [0, 0.05) is 11.6 Å². The molecule has 0 spiro atoms. The molecule has 2 nitrogen and oxygen atoms in total. The highest BCUT2D eigenvalue weighted by atomic mass is 32.1. The van der Waals surface area contributed by atoms with Crippen molar-refractivity contribution in [3.63, 3.8) is 0 Å². The summed E-state index contributed by atoms with van der Waals surface area (Å²) >= 11 is 5.32. The van der Waals surface area contributed by atoms with Crippen LogP contribution < -0.4 is 0 Å². The van der Waals surface area contributed by atoms with Gasteiger partial charge in [0.15, 0.2) is 0 Å². The first-order valence-electron chi connectivity index (χ1n) is 7.15. The van der Waals surface area contributed by atoms with Crippen LogP contribution in [0.15, 0.2) is 6.07 Å². The summed E-state index contributed by atoms with van der Waals surface area (Å²) < 4.78 is 0.774. The van der Waals surface area contributed by atoms with Gasteiger partial charge < -0.3 is 4.98 Å². The fraction of sp³-hybridized carbons (Fsp3) is 0.733. The van der Waals surface area contributed by atoms with Crippen LogP contribution in [-0.4, -0.2) is 9.97 Å². The van der Waals surface area contributed by atoms with Crippen molar-refractivity contribution in [3.05, 3.63) is 22.2 Å². The van der Waals surface area contributed by atoms with Crippen molar-refractivity contribution in [2.24, 2.45) is 5.41 Å². The maximum Gasteiger partial charge on any atom is 0.130 e. The van der Waals surface area contributed by atoms with Gasteiger partial charge in [-0.3, -0.25) is 0 Å². The SMILES string of the molecule is CC1(C)CCC(c2nc(=S)cc(C3CC3)[nH]2)CC1. The molecule has 98 valence electrons. The van der Waals surface area contributed by atoms with Crippen LogP contribution in [0.1, 0.15) is 75.7 Å². The van der Waals surface area contributed by atoms with Gasteiger partial charge in [0.1, 0.15) is 10.5 Å². The highest BCUT2D eigenvalue weighted by Gasteiger charge is 2.30.